The van der Waals surface area contributed by atoms with Crippen LogP contribution in [0.25, 0.3) is 11.1 Å². The Morgan fingerprint density at radius 1 is 0.886 bits per heavy atom. The van der Waals surface area contributed by atoms with E-state index in [0.717, 1.165) is 38.9 Å². The second-order valence-electron chi connectivity index (χ2n) is 12.7. The van der Waals surface area contributed by atoms with Gasteiger partial charge in [0.25, 0.3) is 0 Å². The van der Waals surface area contributed by atoms with Crippen LogP contribution in [0.1, 0.15) is 60.1 Å². The molecule has 0 radical (unpaired) electrons. The average molecular weight is 600 g/mol. The number of hydrogen-bond acceptors (Lipinski definition) is 7. The van der Waals surface area contributed by atoms with Crippen LogP contribution in [0, 0.1) is 20.8 Å². The Morgan fingerprint density at radius 3 is 2.00 bits per heavy atom. The number of rotatable bonds is 6. The normalized spacial score (nSPS) is 15.0. The number of carbonyl (C=O) groups is 2. The van der Waals surface area contributed by atoms with Crippen LogP contribution in [-0.2, 0) is 16.0 Å². The first-order valence-corrected chi connectivity index (χ1v) is 15.2. The van der Waals surface area contributed by atoms with E-state index in [1.165, 1.54) is 0 Å². The molecule has 1 heterocycles. The largest absolute Gasteiger partial charge is 0.489 e. The lowest BCUT2D eigenvalue weighted by molar-refractivity contribution is 0.0138. The van der Waals surface area contributed by atoms with Crippen LogP contribution in [0.5, 0.6) is 0 Å². The lowest BCUT2D eigenvalue weighted by atomic mass is 9.71. The van der Waals surface area contributed by atoms with Gasteiger partial charge in [0.2, 0.25) is 0 Å². The Morgan fingerprint density at radius 2 is 1.45 bits per heavy atom. The fraction of sp³-hybridized carbons (Fsp3) is 0.412. The van der Waals surface area contributed by atoms with Crippen molar-refractivity contribution in [2.24, 2.45) is 0 Å². The average Bonchev–Trinajstić information content (AvgIpc) is 3.29. The number of anilines is 1. The molecular formula is C34H42BN3O6. The molecule has 0 saturated carbocycles. The minimum absolute atomic E-state index is 0.0712. The molecule has 3 aromatic carbocycles. The smallest absolute Gasteiger partial charge is 0.448 e. The van der Waals surface area contributed by atoms with Crippen molar-refractivity contribution in [3.8, 4) is 11.1 Å². The van der Waals surface area contributed by atoms with E-state index in [2.05, 4.69) is 34.5 Å². The van der Waals surface area contributed by atoms with E-state index in [9.17, 15) is 19.6 Å². The Labute approximate surface area is 259 Å². The molecular weight excluding hydrogens is 557 g/mol. The van der Waals surface area contributed by atoms with Crippen LogP contribution in [0.4, 0.5) is 15.3 Å². The number of piperazine rings is 1. The Hall–Kier alpha value is -3.86. The van der Waals surface area contributed by atoms with Crippen molar-refractivity contribution in [2.75, 3.05) is 38.1 Å². The number of hydrogen-bond donors (Lipinski definition) is 3. The third-order valence-corrected chi connectivity index (χ3v) is 8.70. The molecule has 3 N–H and O–H groups in total. The number of benzene rings is 3. The van der Waals surface area contributed by atoms with Gasteiger partial charge >= 0.3 is 19.3 Å². The topological polar surface area (TPSA) is 112 Å². The van der Waals surface area contributed by atoms with Gasteiger partial charge in [-0.3, -0.25) is 10.2 Å². The van der Waals surface area contributed by atoms with E-state index in [1.807, 2.05) is 58.9 Å². The highest BCUT2D eigenvalue weighted by Crippen LogP contribution is 2.44. The molecule has 0 spiro atoms. The predicted octanol–water partition coefficient (Wildman–Crippen LogP) is 4.71. The fourth-order valence-electron chi connectivity index (χ4n) is 6.48. The number of ether oxygens (including phenoxy) is 2. The molecule has 9 nitrogen and oxygen atoms in total. The SMILES string of the molecule is Cc1c(CN2CCN(C(=O)OC(C)(C)C)CC2)c(C)c(B(O)O)c(C)c1NC(=O)OCC1c2ccccc2-c2ccccc21. The quantitative estimate of drug-likeness (QED) is 0.352. The first-order valence-electron chi connectivity index (χ1n) is 15.2. The van der Waals surface area contributed by atoms with Gasteiger partial charge in [0, 0.05) is 44.3 Å². The van der Waals surface area contributed by atoms with Crippen LogP contribution in [0.2, 0.25) is 0 Å². The van der Waals surface area contributed by atoms with Gasteiger partial charge in [0.05, 0.1) is 0 Å². The fourth-order valence-corrected chi connectivity index (χ4v) is 6.48. The second-order valence-corrected chi connectivity index (χ2v) is 12.7. The highest BCUT2D eigenvalue weighted by atomic mass is 16.6. The first kappa shape index (κ1) is 31.6. The first-order chi connectivity index (χ1) is 20.9. The molecule has 1 aliphatic heterocycles. The third-order valence-electron chi connectivity index (χ3n) is 8.70. The van der Waals surface area contributed by atoms with Crippen LogP contribution >= 0.6 is 0 Å². The summed E-state index contributed by atoms with van der Waals surface area (Å²) >= 11 is 0. The van der Waals surface area contributed by atoms with Crippen LogP contribution < -0.4 is 10.8 Å². The molecule has 1 fully saturated rings. The van der Waals surface area contributed by atoms with Crippen molar-refractivity contribution < 1.29 is 29.1 Å². The van der Waals surface area contributed by atoms with Gasteiger partial charge in [-0.15, -0.1) is 0 Å². The van der Waals surface area contributed by atoms with E-state index in [4.69, 9.17) is 9.47 Å². The molecule has 1 saturated heterocycles. The van der Waals surface area contributed by atoms with Gasteiger partial charge < -0.3 is 24.4 Å². The summed E-state index contributed by atoms with van der Waals surface area (Å²) in [6.45, 7) is 14.2. The van der Waals surface area contributed by atoms with Crippen molar-refractivity contribution in [1.82, 2.24) is 9.80 Å². The van der Waals surface area contributed by atoms with E-state index in [0.29, 0.717) is 49.4 Å². The minimum Gasteiger partial charge on any atom is -0.448 e. The van der Waals surface area contributed by atoms with Crippen molar-refractivity contribution in [3.05, 3.63) is 81.9 Å². The number of fused-ring (bicyclic) bond motifs is 3. The lowest BCUT2D eigenvalue weighted by Crippen LogP contribution is -2.50. The maximum absolute atomic E-state index is 13.2. The summed E-state index contributed by atoms with van der Waals surface area (Å²) in [6, 6.07) is 16.4. The third kappa shape index (κ3) is 6.48. The highest BCUT2D eigenvalue weighted by Gasteiger charge is 2.31. The molecule has 10 heteroatoms. The summed E-state index contributed by atoms with van der Waals surface area (Å²) in [6.07, 6.45) is -0.919. The summed E-state index contributed by atoms with van der Waals surface area (Å²) in [4.78, 5) is 29.7. The zero-order chi connectivity index (χ0) is 31.8. The van der Waals surface area contributed by atoms with Crippen LogP contribution in [0.3, 0.4) is 0 Å². The maximum atomic E-state index is 13.2. The molecule has 1 aliphatic carbocycles. The predicted molar refractivity (Wildman–Crippen MR) is 172 cm³/mol. The minimum atomic E-state index is -1.71. The highest BCUT2D eigenvalue weighted by molar-refractivity contribution is 6.60. The van der Waals surface area contributed by atoms with Gasteiger partial charge in [-0.1, -0.05) is 48.5 Å². The number of nitrogens with one attached hydrogen (secondary N) is 1. The standard InChI is InChI=1S/C34H42BN3O6/c1-21-28(19-37-15-17-38(18-16-37)33(40)44-34(4,5)6)22(2)31(23(3)30(21)35(41)42)36-32(39)43-20-29-26-13-9-7-11-24(26)25-12-8-10-14-27(25)29/h7-14,29,41-42H,15-20H2,1-6H3,(H,36,39). The summed E-state index contributed by atoms with van der Waals surface area (Å²) in [5.41, 5.74) is 7.98. The lowest BCUT2D eigenvalue weighted by Gasteiger charge is -2.36. The molecule has 232 valence electrons. The van der Waals surface area contributed by atoms with Crippen molar-refractivity contribution in [2.45, 2.75) is 59.6 Å². The van der Waals surface area contributed by atoms with Gasteiger partial charge in [-0.25, -0.2) is 9.59 Å². The Bertz CT molecular complexity index is 1510. The molecule has 0 unspecified atom stereocenters. The van der Waals surface area contributed by atoms with Gasteiger partial charge in [0.1, 0.15) is 12.2 Å². The molecule has 44 heavy (non-hydrogen) atoms. The molecule has 0 atom stereocenters. The van der Waals surface area contributed by atoms with Crippen molar-refractivity contribution in [3.63, 3.8) is 0 Å². The van der Waals surface area contributed by atoms with Gasteiger partial charge in [0.15, 0.2) is 0 Å². The van der Waals surface area contributed by atoms with E-state index >= 15 is 0 Å². The molecule has 5 rings (SSSR count). The van der Waals surface area contributed by atoms with Gasteiger partial charge in [-0.2, -0.15) is 0 Å². The summed E-state index contributed by atoms with van der Waals surface area (Å²) in [7, 11) is -1.71. The zero-order valence-electron chi connectivity index (χ0n) is 26.4. The molecule has 0 aromatic heterocycles. The number of amides is 2. The number of carbonyl (C=O) groups excluding carboxylic acids is 2. The Balaban J connectivity index is 1.31. The summed E-state index contributed by atoms with van der Waals surface area (Å²) in [5.74, 6) is -0.0712. The van der Waals surface area contributed by atoms with Gasteiger partial charge in [-0.05, 0) is 91.5 Å². The number of nitrogens with zero attached hydrogens (tertiary/aromatic N) is 2. The molecule has 0 bridgehead atoms. The van der Waals surface area contributed by atoms with Crippen molar-refractivity contribution >= 4 is 30.5 Å². The van der Waals surface area contributed by atoms with E-state index in [1.54, 1.807) is 11.8 Å². The van der Waals surface area contributed by atoms with Crippen LogP contribution in [-0.4, -0.2) is 77.5 Å². The molecule has 2 amide bonds. The second kappa shape index (κ2) is 12.6. The van der Waals surface area contributed by atoms with E-state index in [-0.39, 0.29) is 18.6 Å². The summed E-state index contributed by atoms with van der Waals surface area (Å²) in [5, 5.41) is 23.6. The van der Waals surface area contributed by atoms with Crippen molar-refractivity contribution in [1.29, 1.82) is 0 Å². The monoisotopic (exact) mass is 599 g/mol. The maximum Gasteiger partial charge on any atom is 0.489 e. The zero-order valence-corrected chi connectivity index (χ0v) is 26.4. The summed E-state index contributed by atoms with van der Waals surface area (Å²) < 4.78 is 11.3. The van der Waals surface area contributed by atoms with E-state index < -0.39 is 18.8 Å². The molecule has 2 aliphatic rings. The van der Waals surface area contributed by atoms with Crippen LogP contribution in [0.15, 0.2) is 48.5 Å². The molecule has 3 aromatic rings. The Kier molecular flexibility index (Phi) is 9.06.